The molecule has 7 heteroatoms. The number of rotatable bonds is 6. The normalized spacial score (nSPS) is 20.3. The Bertz CT molecular complexity index is 982. The predicted octanol–water partition coefficient (Wildman–Crippen LogP) is 4.52. The molecule has 32 heavy (non-hydrogen) atoms. The highest BCUT2D eigenvalue weighted by Gasteiger charge is 2.61. The molecule has 0 spiro atoms. The number of urea groups is 1. The van der Waals surface area contributed by atoms with E-state index in [9.17, 15) is 14.4 Å². The van der Waals surface area contributed by atoms with Crippen molar-refractivity contribution in [1.29, 1.82) is 0 Å². The van der Waals surface area contributed by atoms with Crippen molar-refractivity contribution in [2.45, 2.75) is 59.4 Å². The third-order valence-corrected chi connectivity index (χ3v) is 5.46. The van der Waals surface area contributed by atoms with Gasteiger partial charge in [0.2, 0.25) is 5.91 Å². The molecule has 0 unspecified atom stereocenters. The van der Waals surface area contributed by atoms with Gasteiger partial charge >= 0.3 is 12.0 Å². The minimum Gasteiger partial charge on any atom is -0.469 e. The van der Waals surface area contributed by atoms with Crippen LogP contribution in [0.3, 0.4) is 0 Å². The lowest BCUT2D eigenvalue weighted by Crippen LogP contribution is -2.72. The highest BCUT2D eigenvalue weighted by molar-refractivity contribution is 6.03. The number of likely N-dealkylation sites (tertiary alicyclic amines) is 1. The molecular weight excluding hydrogens is 408 g/mol. The summed E-state index contributed by atoms with van der Waals surface area (Å²) in [6.07, 6.45) is -0.224. The number of carbonyl (C=O) groups excluding carboxylic acids is 3. The molecule has 3 rings (SSSR count). The largest absolute Gasteiger partial charge is 0.469 e. The Kier molecular flexibility index (Phi) is 6.57. The van der Waals surface area contributed by atoms with Crippen molar-refractivity contribution in [3.8, 4) is 5.75 Å². The van der Waals surface area contributed by atoms with Crippen LogP contribution < -0.4 is 10.1 Å². The monoisotopic (exact) mass is 438 g/mol. The number of carbonyl (C=O) groups is 3. The van der Waals surface area contributed by atoms with Crippen LogP contribution in [-0.2, 0) is 16.1 Å². The molecule has 170 valence electrons. The summed E-state index contributed by atoms with van der Waals surface area (Å²) in [4.78, 5) is 38.8. The third kappa shape index (κ3) is 4.93. The number of imide groups is 1. The zero-order valence-electron chi connectivity index (χ0n) is 19.2. The average Bonchev–Trinajstić information content (AvgIpc) is 2.76. The molecule has 1 fully saturated rings. The molecule has 0 bridgehead atoms. The smallest absolute Gasteiger partial charge is 0.338 e. The van der Waals surface area contributed by atoms with Crippen molar-refractivity contribution in [1.82, 2.24) is 10.2 Å². The van der Waals surface area contributed by atoms with E-state index in [0.717, 1.165) is 10.5 Å². The Morgan fingerprint density at radius 1 is 1.06 bits per heavy atom. The molecule has 7 nitrogen and oxygen atoms in total. The van der Waals surface area contributed by atoms with Crippen molar-refractivity contribution in [3.05, 3.63) is 65.7 Å². The van der Waals surface area contributed by atoms with Crippen LogP contribution in [0.1, 0.15) is 57.0 Å². The molecule has 2 aromatic carbocycles. The molecule has 1 heterocycles. The number of ether oxygens (including phenoxy) is 2. The predicted molar refractivity (Wildman–Crippen MR) is 120 cm³/mol. The zero-order chi connectivity index (χ0) is 23.5. The molecular formula is C25H30N2O5. The number of esters is 1. The van der Waals surface area contributed by atoms with Crippen molar-refractivity contribution >= 4 is 17.9 Å². The minimum atomic E-state index is -0.812. The Hall–Kier alpha value is -3.35. The van der Waals surface area contributed by atoms with Crippen molar-refractivity contribution in [3.63, 3.8) is 0 Å². The maximum Gasteiger partial charge on any atom is 0.338 e. The Morgan fingerprint density at radius 2 is 1.69 bits per heavy atom. The van der Waals surface area contributed by atoms with Gasteiger partial charge in [-0.15, -0.1) is 0 Å². The maximum absolute atomic E-state index is 12.8. The van der Waals surface area contributed by atoms with E-state index in [2.05, 4.69) is 5.32 Å². The minimum absolute atomic E-state index is 0.277. The van der Waals surface area contributed by atoms with E-state index in [1.165, 1.54) is 0 Å². The van der Waals surface area contributed by atoms with Gasteiger partial charge in [0.05, 0.1) is 5.56 Å². The summed E-state index contributed by atoms with van der Waals surface area (Å²) in [7, 11) is 0. The van der Waals surface area contributed by atoms with Gasteiger partial charge in [-0.3, -0.25) is 4.79 Å². The highest BCUT2D eigenvalue weighted by atomic mass is 16.6. The molecule has 1 N–H and O–H groups in total. The fraction of sp³-hybridized carbons (Fsp3) is 0.400. The van der Waals surface area contributed by atoms with E-state index in [1.807, 2.05) is 37.3 Å². The first-order chi connectivity index (χ1) is 15.0. The molecule has 0 radical (unpaired) electrons. The van der Waals surface area contributed by atoms with Crippen LogP contribution in [0, 0.1) is 5.41 Å². The Labute approximate surface area is 188 Å². The van der Waals surface area contributed by atoms with Crippen LogP contribution in [-0.4, -0.2) is 34.6 Å². The summed E-state index contributed by atoms with van der Waals surface area (Å²) in [6, 6.07) is 15.4. The Morgan fingerprint density at radius 3 is 2.25 bits per heavy atom. The van der Waals surface area contributed by atoms with Crippen LogP contribution >= 0.6 is 0 Å². The van der Waals surface area contributed by atoms with Crippen LogP contribution in [0.2, 0.25) is 0 Å². The fourth-order valence-corrected chi connectivity index (χ4v) is 3.41. The number of nitrogens with one attached hydrogen (secondary N) is 1. The molecule has 0 aliphatic carbocycles. The van der Waals surface area contributed by atoms with Crippen molar-refractivity contribution in [2.75, 3.05) is 0 Å². The second-order valence-electron chi connectivity index (χ2n) is 9.09. The van der Waals surface area contributed by atoms with Gasteiger partial charge in [-0.05, 0) is 63.9 Å². The van der Waals surface area contributed by atoms with Crippen molar-refractivity contribution < 1.29 is 23.9 Å². The lowest BCUT2D eigenvalue weighted by molar-refractivity contribution is -0.186. The van der Waals surface area contributed by atoms with E-state index < -0.39 is 29.2 Å². The van der Waals surface area contributed by atoms with E-state index in [0.29, 0.717) is 24.3 Å². The molecule has 0 aromatic heterocycles. The first-order valence-electron chi connectivity index (χ1n) is 10.7. The summed E-state index contributed by atoms with van der Waals surface area (Å²) in [5, 5.41) is 2.78. The molecule has 1 aliphatic rings. The summed E-state index contributed by atoms with van der Waals surface area (Å²) >= 11 is 0. The number of benzene rings is 2. The van der Waals surface area contributed by atoms with Gasteiger partial charge in [0.25, 0.3) is 0 Å². The van der Waals surface area contributed by atoms with E-state index in [4.69, 9.17) is 9.47 Å². The second kappa shape index (κ2) is 9.02. The van der Waals surface area contributed by atoms with Gasteiger partial charge in [0.15, 0.2) is 6.23 Å². The molecule has 2 aromatic rings. The lowest BCUT2D eigenvalue weighted by atomic mass is 9.76. The summed E-state index contributed by atoms with van der Waals surface area (Å²) in [5.41, 5.74) is -0.0711. The number of amides is 3. The Balaban J connectivity index is 1.70. The molecule has 2 atom stereocenters. The quantitative estimate of drug-likeness (QED) is 0.530. The van der Waals surface area contributed by atoms with Gasteiger partial charge in [-0.25, -0.2) is 14.5 Å². The highest BCUT2D eigenvalue weighted by Crippen LogP contribution is 2.43. The van der Waals surface area contributed by atoms with Crippen LogP contribution in [0.4, 0.5) is 4.79 Å². The molecule has 3 amide bonds. The SMILES string of the molecule is CC[C@]1(C)C(=O)N(C(=O)NCc2ccccc2)[C@@H]1Oc1ccc(C(=O)OC(C)(C)C)cc1. The second-order valence-corrected chi connectivity index (χ2v) is 9.09. The summed E-state index contributed by atoms with van der Waals surface area (Å²) in [6.45, 7) is 9.40. The van der Waals surface area contributed by atoms with Gasteiger partial charge in [-0.1, -0.05) is 37.3 Å². The number of hydrogen-bond acceptors (Lipinski definition) is 5. The molecule has 0 saturated carbocycles. The standard InChI is InChI=1S/C25H30N2O5/c1-6-25(5)21(29)27(23(30)26-16-17-10-8-7-9-11-17)22(25)31-19-14-12-18(13-15-19)20(28)32-24(2,3)4/h7-15,22H,6,16H2,1-5H3,(H,26,30)/t22-,25-/m1/s1. The van der Waals surface area contributed by atoms with E-state index in [1.54, 1.807) is 52.0 Å². The first kappa shape index (κ1) is 23.3. The first-order valence-corrected chi connectivity index (χ1v) is 10.7. The van der Waals surface area contributed by atoms with Crippen LogP contribution in [0.5, 0.6) is 5.75 Å². The van der Waals surface area contributed by atoms with Gasteiger partial charge in [-0.2, -0.15) is 0 Å². The van der Waals surface area contributed by atoms with E-state index in [-0.39, 0.29) is 5.91 Å². The number of hydrogen-bond donors (Lipinski definition) is 1. The third-order valence-electron chi connectivity index (χ3n) is 5.46. The number of β-lactam (4-membered cyclic amide) rings is 1. The molecule has 1 aliphatic heterocycles. The van der Waals surface area contributed by atoms with Gasteiger partial charge in [0.1, 0.15) is 16.8 Å². The van der Waals surface area contributed by atoms with Gasteiger partial charge < -0.3 is 14.8 Å². The lowest BCUT2D eigenvalue weighted by Gasteiger charge is -2.51. The zero-order valence-corrected chi connectivity index (χ0v) is 19.2. The number of nitrogens with zero attached hydrogens (tertiary/aromatic N) is 1. The average molecular weight is 439 g/mol. The van der Waals surface area contributed by atoms with Crippen molar-refractivity contribution in [2.24, 2.45) is 5.41 Å². The maximum atomic E-state index is 12.8. The topological polar surface area (TPSA) is 84.9 Å². The fourth-order valence-electron chi connectivity index (χ4n) is 3.41. The van der Waals surface area contributed by atoms with E-state index >= 15 is 0 Å². The van der Waals surface area contributed by atoms with Gasteiger partial charge in [0, 0.05) is 6.54 Å². The summed E-state index contributed by atoms with van der Waals surface area (Å²) in [5.74, 6) is -0.250. The summed E-state index contributed by atoms with van der Waals surface area (Å²) < 4.78 is 11.4. The van der Waals surface area contributed by atoms with Crippen LogP contribution in [0.25, 0.3) is 0 Å². The molecule has 1 saturated heterocycles. The van der Waals surface area contributed by atoms with Crippen LogP contribution in [0.15, 0.2) is 54.6 Å².